The Balaban J connectivity index is 1.46. The Kier molecular flexibility index (Phi) is 2.37. The average Bonchev–Trinajstić information content (AvgIpc) is 2.85. The quantitative estimate of drug-likeness (QED) is 0.631. The highest BCUT2D eigenvalue weighted by atomic mass is 32.2. The summed E-state index contributed by atoms with van der Waals surface area (Å²) in [4.78, 5) is 11.3. The van der Waals surface area contributed by atoms with Gasteiger partial charge in [-0.25, -0.2) is 4.79 Å². The van der Waals surface area contributed by atoms with E-state index in [1.54, 1.807) is 0 Å². The SMILES string of the molecule is O=C(OCC12CC3CC4CC(C1)C32C4)C(F)(F)S(=O)(=O)O. The molecule has 0 saturated heterocycles. The summed E-state index contributed by atoms with van der Waals surface area (Å²) in [6, 6.07) is 0. The standard InChI is InChI=1S/C13H16F2O5S/c14-13(15,21(17,18)19)10(16)20-6-11-4-8-1-7-2-9(5-11)12(8,11)3-7/h7-9H,1-6H2,(H,17,18,19). The minimum absolute atomic E-state index is 0.156. The van der Waals surface area contributed by atoms with Gasteiger partial charge in [0.15, 0.2) is 0 Å². The van der Waals surface area contributed by atoms with Crippen LogP contribution >= 0.6 is 0 Å². The molecule has 4 saturated carbocycles. The Hall–Kier alpha value is -0.760. The maximum absolute atomic E-state index is 13.2. The smallest absolute Gasteiger partial charge is 0.460 e. The van der Waals surface area contributed by atoms with Gasteiger partial charge in [0.1, 0.15) is 0 Å². The van der Waals surface area contributed by atoms with Gasteiger partial charge in [0.25, 0.3) is 0 Å². The first-order valence-corrected chi connectivity index (χ1v) is 8.58. The number of rotatable bonds is 4. The van der Waals surface area contributed by atoms with Crippen LogP contribution in [0.15, 0.2) is 0 Å². The van der Waals surface area contributed by atoms with E-state index in [-0.39, 0.29) is 17.4 Å². The number of halogens is 2. The van der Waals surface area contributed by atoms with Crippen LogP contribution in [0.2, 0.25) is 0 Å². The number of fused-ring (bicyclic) bond motifs is 1. The molecule has 4 fully saturated rings. The third-order valence-electron chi connectivity index (χ3n) is 6.62. The molecular weight excluding hydrogens is 306 g/mol. The molecule has 8 heteroatoms. The van der Waals surface area contributed by atoms with E-state index >= 15 is 0 Å². The molecule has 4 rings (SSSR count). The molecule has 1 spiro atoms. The minimum atomic E-state index is -5.78. The van der Waals surface area contributed by atoms with E-state index < -0.39 is 21.3 Å². The van der Waals surface area contributed by atoms with Crippen LogP contribution < -0.4 is 0 Å². The lowest BCUT2D eigenvalue weighted by Gasteiger charge is -2.74. The van der Waals surface area contributed by atoms with Gasteiger partial charge < -0.3 is 4.74 Å². The van der Waals surface area contributed by atoms with Crippen molar-refractivity contribution in [3.05, 3.63) is 0 Å². The fourth-order valence-electron chi connectivity index (χ4n) is 6.04. The van der Waals surface area contributed by atoms with Gasteiger partial charge in [-0.3, -0.25) is 4.55 Å². The van der Waals surface area contributed by atoms with Crippen molar-refractivity contribution in [1.82, 2.24) is 0 Å². The van der Waals surface area contributed by atoms with E-state index in [1.165, 1.54) is 12.8 Å². The van der Waals surface area contributed by atoms with Gasteiger partial charge in [0.05, 0.1) is 6.61 Å². The number of esters is 1. The number of carbonyl (C=O) groups is 1. The molecule has 118 valence electrons. The molecule has 2 bridgehead atoms. The summed E-state index contributed by atoms with van der Waals surface area (Å²) in [6.45, 7) is -0.156. The number of ether oxygens (including phenoxy) is 1. The molecule has 5 nitrogen and oxygen atoms in total. The van der Waals surface area contributed by atoms with Crippen molar-refractivity contribution in [1.29, 1.82) is 0 Å². The molecule has 0 heterocycles. The summed E-state index contributed by atoms with van der Waals surface area (Å²) < 4.78 is 60.4. The molecule has 0 aliphatic heterocycles. The molecule has 0 aromatic rings. The van der Waals surface area contributed by atoms with Crippen molar-refractivity contribution in [2.75, 3.05) is 6.61 Å². The highest BCUT2D eigenvalue weighted by molar-refractivity contribution is 7.87. The van der Waals surface area contributed by atoms with Crippen LogP contribution in [0.5, 0.6) is 0 Å². The summed E-state index contributed by atoms with van der Waals surface area (Å²) in [7, 11) is -5.78. The zero-order valence-electron chi connectivity index (χ0n) is 11.2. The molecule has 1 N–H and O–H groups in total. The second-order valence-electron chi connectivity index (χ2n) is 7.23. The summed E-state index contributed by atoms with van der Waals surface area (Å²) in [6.07, 6.45) is 5.23. The van der Waals surface area contributed by atoms with Crippen LogP contribution in [-0.4, -0.2) is 30.8 Å². The van der Waals surface area contributed by atoms with Crippen molar-refractivity contribution >= 4 is 16.1 Å². The van der Waals surface area contributed by atoms with Crippen molar-refractivity contribution in [3.8, 4) is 0 Å². The van der Waals surface area contributed by atoms with Gasteiger partial charge in [0.2, 0.25) is 0 Å². The van der Waals surface area contributed by atoms with Gasteiger partial charge in [-0.1, -0.05) is 0 Å². The molecule has 0 aromatic heterocycles. The molecule has 0 aromatic carbocycles. The van der Waals surface area contributed by atoms with Crippen molar-refractivity contribution in [2.45, 2.75) is 37.4 Å². The first-order chi connectivity index (χ1) is 9.62. The Labute approximate surface area is 120 Å². The molecule has 21 heavy (non-hydrogen) atoms. The van der Waals surface area contributed by atoms with Crippen molar-refractivity contribution in [3.63, 3.8) is 0 Å². The van der Waals surface area contributed by atoms with E-state index in [9.17, 15) is 22.0 Å². The fraction of sp³-hybridized carbons (Fsp3) is 0.923. The molecule has 0 amide bonds. The van der Waals surface area contributed by atoms with Crippen LogP contribution in [0, 0.1) is 28.6 Å². The summed E-state index contributed by atoms with van der Waals surface area (Å²) in [5.74, 6) is -0.207. The first-order valence-electron chi connectivity index (χ1n) is 7.14. The van der Waals surface area contributed by atoms with Gasteiger partial charge in [0, 0.05) is 5.41 Å². The van der Waals surface area contributed by atoms with E-state index in [0.29, 0.717) is 11.8 Å². The largest absolute Gasteiger partial charge is 0.465 e. The van der Waals surface area contributed by atoms with Gasteiger partial charge in [-0.15, -0.1) is 0 Å². The average molecular weight is 322 g/mol. The Morgan fingerprint density at radius 3 is 2.29 bits per heavy atom. The highest BCUT2D eigenvalue weighted by Crippen LogP contribution is 2.86. The van der Waals surface area contributed by atoms with Crippen LogP contribution in [0.3, 0.4) is 0 Å². The minimum Gasteiger partial charge on any atom is -0.460 e. The third-order valence-corrected chi connectivity index (χ3v) is 7.44. The van der Waals surface area contributed by atoms with Gasteiger partial charge >= 0.3 is 21.3 Å². The molecule has 4 aliphatic carbocycles. The van der Waals surface area contributed by atoms with Crippen LogP contribution in [0.4, 0.5) is 8.78 Å². The number of hydrogen-bond donors (Lipinski definition) is 1. The van der Waals surface area contributed by atoms with Gasteiger partial charge in [-0.05, 0) is 55.3 Å². The predicted molar refractivity (Wildman–Crippen MR) is 65.9 cm³/mol. The van der Waals surface area contributed by atoms with Crippen LogP contribution in [0.1, 0.15) is 32.1 Å². The summed E-state index contributed by atoms with van der Waals surface area (Å²) in [5, 5.41) is -4.89. The van der Waals surface area contributed by atoms with Crippen molar-refractivity contribution in [2.24, 2.45) is 28.6 Å². The third kappa shape index (κ3) is 1.39. The van der Waals surface area contributed by atoms with E-state index in [4.69, 9.17) is 4.55 Å². The first kappa shape index (κ1) is 13.9. The zero-order valence-corrected chi connectivity index (χ0v) is 12.0. The zero-order chi connectivity index (χ0) is 15.3. The Morgan fingerprint density at radius 2 is 1.81 bits per heavy atom. The number of carbonyl (C=O) groups excluding carboxylic acids is 1. The molecule has 2 atom stereocenters. The highest BCUT2D eigenvalue weighted by Gasteiger charge is 2.81. The van der Waals surface area contributed by atoms with Crippen LogP contribution in [0.25, 0.3) is 0 Å². The van der Waals surface area contributed by atoms with E-state index in [0.717, 1.165) is 25.2 Å². The second-order valence-corrected chi connectivity index (χ2v) is 8.70. The molecular formula is C13H16F2O5S. The number of alkyl halides is 2. The molecule has 2 unspecified atom stereocenters. The second kappa shape index (κ2) is 3.59. The van der Waals surface area contributed by atoms with E-state index in [1.807, 2.05) is 0 Å². The van der Waals surface area contributed by atoms with E-state index in [2.05, 4.69) is 4.74 Å². The number of hydrogen-bond acceptors (Lipinski definition) is 4. The maximum Gasteiger partial charge on any atom is 0.465 e. The topological polar surface area (TPSA) is 80.7 Å². The lowest BCUT2D eigenvalue weighted by Crippen LogP contribution is -2.70. The maximum atomic E-state index is 13.2. The normalized spacial score (nSPS) is 46.5. The lowest BCUT2D eigenvalue weighted by atomic mass is 9.30. The van der Waals surface area contributed by atoms with Gasteiger partial charge in [-0.2, -0.15) is 17.2 Å². The van der Waals surface area contributed by atoms with Crippen molar-refractivity contribution < 1.29 is 31.3 Å². The Bertz CT molecular complexity index is 612. The fourth-order valence-corrected chi connectivity index (χ4v) is 6.31. The van der Waals surface area contributed by atoms with Crippen LogP contribution in [-0.2, 0) is 19.6 Å². The summed E-state index contributed by atoms with van der Waals surface area (Å²) in [5.41, 5.74) is -0.0656. The molecule has 0 radical (unpaired) electrons. The molecule has 4 aliphatic rings. The monoisotopic (exact) mass is 322 g/mol. The summed E-state index contributed by atoms with van der Waals surface area (Å²) >= 11 is 0. The Morgan fingerprint density at radius 1 is 1.24 bits per heavy atom. The predicted octanol–water partition coefficient (Wildman–Crippen LogP) is 1.84. The lowest BCUT2D eigenvalue weighted by molar-refractivity contribution is -0.280.